The summed E-state index contributed by atoms with van der Waals surface area (Å²) in [4.78, 5) is 24.5. The number of hydrogen-bond donors (Lipinski definition) is 1. The molecule has 0 spiro atoms. The average molecular weight is 375 g/mol. The highest BCUT2D eigenvalue weighted by Crippen LogP contribution is 2.24. The van der Waals surface area contributed by atoms with Crippen molar-refractivity contribution in [1.29, 1.82) is 0 Å². The van der Waals surface area contributed by atoms with Gasteiger partial charge in [0.1, 0.15) is 5.75 Å². The van der Waals surface area contributed by atoms with Crippen molar-refractivity contribution in [1.82, 2.24) is 0 Å². The molecular weight excluding hydrogens is 354 g/mol. The first-order valence-electron chi connectivity index (χ1n) is 8.84. The lowest BCUT2D eigenvalue weighted by molar-refractivity contribution is -0.123. The number of rotatable bonds is 6. The van der Waals surface area contributed by atoms with E-state index < -0.39 is 12.1 Å². The minimum absolute atomic E-state index is 0.285. The van der Waals surface area contributed by atoms with E-state index in [2.05, 4.69) is 5.32 Å². The Bertz CT molecular complexity index is 935. The van der Waals surface area contributed by atoms with Crippen molar-refractivity contribution in [3.05, 3.63) is 95.6 Å². The molecule has 0 aliphatic heterocycles. The van der Waals surface area contributed by atoms with Gasteiger partial charge in [0, 0.05) is 11.3 Å². The lowest BCUT2D eigenvalue weighted by Gasteiger charge is -2.19. The van der Waals surface area contributed by atoms with Gasteiger partial charge >= 0.3 is 5.97 Å². The molecule has 28 heavy (non-hydrogen) atoms. The van der Waals surface area contributed by atoms with Gasteiger partial charge in [-0.25, -0.2) is 4.79 Å². The topological polar surface area (TPSA) is 64.6 Å². The summed E-state index contributed by atoms with van der Waals surface area (Å²) in [5, 5.41) is 2.89. The Kier molecular flexibility index (Phi) is 6.07. The molecule has 3 aromatic rings. The summed E-state index contributed by atoms with van der Waals surface area (Å²) >= 11 is 0. The summed E-state index contributed by atoms with van der Waals surface area (Å²) in [6, 6.07) is 23.3. The van der Waals surface area contributed by atoms with Gasteiger partial charge in [-0.2, -0.15) is 0 Å². The van der Waals surface area contributed by atoms with E-state index in [-0.39, 0.29) is 5.91 Å². The molecule has 1 atom stereocenters. The Balaban J connectivity index is 1.82. The molecule has 0 saturated heterocycles. The third-order valence-corrected chi connectivity index (χ3v) is 4.19. The molecule has 0 aliphatic carbocycles. The standard InChI is InChI=1S/C23H21NO4/c1-16-8-12-19(13-9-16)24-22(25)21(17-6-4-3-5-7-17)28-20-14-10-18(11-15-20)23(26)27-2/h3-15,21H,1-2H3,(H,24,25)/t21-/m0/s1. The number of hydrogen-bond acceptors (Lipinski definition) is 4. The van der Waals surface area contributed by atoms with E-state index in [9.17, 15) is 9.59 Å². The van der Waals surface area contributed by atoms with Crippen molar-refractivity contribution in [2.45, 2.75) is 13.0 Å². The molecule has 3 rings (SSSR count). The molecule has 0 unspecified atom stereocenters. The number of carbonyl (C=O) groups is 2. The van der Waals surface area contributed by atoms with Gasteiger partial charge < -0.3 is 14.8 Å². The molecule has 1 amide bonds. The number of aryl methyl sites for hydroxylation is 1. The maximum absolute atomic E-state index is 12.9. The van der Waals surface area contributed by atoms with Gasteiger partial charge in [-0.15, -0.1) is 0 Å². The van der Waals surface area contributed by atoms with Crippen molar-refractivity contribution in [2.24, 2.45) is 0 Å². The lowest BCUT2D eigenvalue weighted by Crippen LogP contribution is -2.25. The summed E-state index contributed by atoms with van der Waals surface area (Å²) < 4.78 is 10.7. The lowest BCUT2D eigenvalue weighted by atomic mass is 10.1. The molecular formula is C23H21NO4. The highest BCUT2D eigenvalue weighted by atomic mass is 16.5. The molecule has 5 nitrogen and oxygen atoms in total. The van der Waals surface area contributed by atoms with Crippen LogP contribution >= 0.6 is 0 Å². The van der Waals surface area contributed by atoms with Crippen molar-refractivity contribution in [3.8, 4) is 5.75 Å². The fourth-order valence-electron chi connectivity index (χ4n) is 2.67. The minimum Gasteiger partial charge on any atom is -0.476 e. The monoisotopic (exact) mass is 375 g/mol. The smallest absolute Gasteiger partial charge is 0.337 e. The van der Waals surface area contributed by atoms with E-state index >= 15 is 0 Å². The molecule has 0 saturated carbocycles. The van der Waals surface area contributed by atoms with Gasteiger partial charge in [0.05, 0.1) is 12.7 Å². The molecule has 142 valence electrons. The second kappa shape index (κ2) is 8.86. The van der Waals surface area contributed by atoms with Crippen molar-refractivity contribution in [3.63, 3.8) is 0 Å². The Labute approximate surface area is 163 Å². The average Bonchev–Trinajstić information content (AvgIpc) is 2.74. The van der Waals surface area contributed by atoms with Crippen LogP contribution in [0.4, 0.5) is 5.69 Å². The van der Waals surface area contributed by atoms with Gasteiger partial charge in [0.2, 0.25) is 6.10 Å². The van der Waals surface area contributed by atoms with Gasteiger partial charge in [0.15, 0.2) is 0 Å². The number of esters is 1. The van der Waals surface area contributed by atoms with E-state index in [1.807, 2.05) is 61.5 Å². The first-order chi connectivity index (χ1) is 13.6. The Hall–Kier alpha value is -3.60. The van der Waals surface area contributed by atoms with E-state index in [0.29, 0.717) is 17.0 Å². The maximum Gasteiger partial charge on any atom is 0.337 e. The summed E-state index contributed by atoms with van der Waals surface area (Å²) in [6.07, 6.45) is -0.841. The van der Waals surface area contributed by atoms with Crippen LogP contribution in [0, 0.1) is 6.92 Å². The van der Waals surface area contributed by atoms with Crippen molar-refractivity contribution in [2.75, 3.05) is 12.4 Å². The fraction of sp³-hybridized carbons (Fsp3) is 0.130. The normalized spacial score (nSPS) is 11.4. The number of nitrogens with one attached hydrogen (secondary N) is 1. The second-order valence-electron chi connectivity index (χ2n) is 6.28. The third kappa shape index (κ3) is 4.76. The van der Waals surface area contributed by atoms with Crippen molar-refractivity contribution < 1.29 is 19.1 Å². The minimum atomic E-state index is -0.841. The van der Waals surface area contributed by atoms with Crippen LogP contribution in [0.5, 0.6) is 5.75 Å². The van der Waals surface area contributed by atoms with E-state index in [0.717, 1.165) is 11.1 Å². The summed E-state index contributed by atoms with van der Waals surface area (Å²) in [5.41, 5.74) is 2.94. The largest absolute Gasteiger partial charge is 0.476 e. The van der Waals surface area contributed by atoms with Crippen LogP contribution in [0.15, 0.2) is 78.9 Å². The maximum atomic E-state index is 12.9. The van der Waals surface area contributed by atoms with Crippen LogP contribution in [-0.2, 0) is 9.53 Å². The number of amides is 1. The summed E-state index contributed by atoms with van der Waals surface area (Å²) in [5.74, 6) is -0.240. The van der Waals surface area contributed by atoms with Gasteiger partial charge in [0.25, 0.3) is 5.91 Å². The fourth-order valence-corrected chi connectivity index (χ4v) is 2.67. The molecule has 0 bridgehead atoms. The zero-order chi connectivity index (χ0) is 19.9. The molecule has 5 heteroatoms. The van der Waals surface area contributed by atoms with Crippen molar-refractivity contribution >= 4 is 17.6 Å². The van der Waals surface area contributed by atoms with Crippen LogP contribution in [0.1, 0.15) is 27.6 Å². The van der Waals surface area contributed by atoms with E-state index in [4.69, 9.17) is 9.47 Å². The summed E-state index contributed by atoms with van der Waals surface area (Å²) in [7, 11) is 1.33. The second-order valence-corrected chi connectivity index (χ2v) is 6.28. The van der Waals surface area contributed by atoms with E-state index in [1.54, 1.807) is 24.3 Å². The Morgan fingerprint density at radius 3 is 2.11 bits per heavy atom. The summed E-state index contributed by atoms with van der Waals surface area (Å²) in [6.45, 7) is 1.99. The van der Waals surface area contributed by atoms with Crippen LogP contribution in [-0.4, -0.2) is 19.0 Å². The van der Waals surface area contributed by atoms with Crippen LogP contribution in [0.25, 0.3) is 0 Å². The Morgan fingerprint density at radius 1 is 0.857 bits per heavy atom. The molecule has 0 aliphatic rings. The van der Waals surface area contributed by atoms with E-state index in [1.165, 1.54) is 7.11 Å². The Morgan fingerprint density at radius 2 is 1.50 bits per heavy atom. The zero-order valence-electron chi connectivity index (χ0n) is 15.7. The molecule has 0 aromatic heterocycles. The third-order valence-electron chi connectivity index (χ3n) is 4.19. The van der Waals surface area contributed by atoms with Gasteiger partial charge in [-0.3, -0.25) is 4.79 Å². The van der Waals surface area contributed by atoms with Crippen LogP contribution < -0.4 is 10.1 Å². The molecule has 0 heterocycles. The molecule has 0 fully saturated rings. The van der Waals surface area contributed by atoms with Crippen LogP contribution in [0.2, 0.25) is 0 Å². The number of benzene rings is 3. The van der Waals surface area contributed by atoms with Crippen LogP contribution in [0.3, 0.4) is 0 Å². The molecule has 0 radical (unpaired) electrons. The first-order valence-corrected chi connectivity index (χ1v) is 8.84. The number of anilines is 1. The molecule has 3 aromatic carbocycles. The highest BCUT2D eigenvalue weighted by Gasteiger charge is 2.23. The molecule has 1 N–H and O–H groups in total. The predicted octanol–water partition coefficient (Wildman–Crippen LogP) is 4.54. The highest BCUT2D eigenvalue weighted by molar-refractivity contribution is 5.95. The quantitative estimate of drug-likeness (QED) is 0.643. The number of methoxy groups -OCH3 is 1. The van der Waals surface area contributed by atoms with Gasteiger partial charge in [-0.05, 0) is 43.3 Å². The SMILES string of the molecule is COC(=O)c1ccc(O[C@H](C(=O)Nc2ccc(C)cc2)c2ccccc2)cc1. The predicted molar refractivity (Wildman–Crippen MR) is 107 cm³/mol. The number of ether oxygens (including phenoxy) is 2. The zero-order valence-corrected chi connectivity index (χ0v) is 15.7. The first kappa shape index (κ1) is 19.2. The number of carbonyl (C=O) groups excluding carboxylic acids is 2. The van der Waals surface area contributed by atoms with Gasteiger partial charge in [-0.1, -0.05) is 48.0 Å².